The third-order valence-corrected chi connectivity index (χ3v) is 1.30. The Morgan fingerprint density at radius 3 is 2.80 bits per heavy atom. The number of hydrogen-bond donors (Lipinski definition) is 0. The lowest BCUT2D eigenvalue weighted by Gasteiger charge is -2.00. The van der Waals surface area contributed by atoms with Crippen LogP contribution in [0.1, 0.15) is 19.8 Å². The molecule has 0 aliphatic heterocycles. The number of carbonyl (C=O) groups is 1. The Kier molecular flexibility index (Phi) is 4.23. The Morgan fingerprint density at radius 2 is 2.50 bits per heavy atom. The molecule has 10 heavy (non-hydrogen) atoms. The molecule has 0 aromatic carbocycles. The smallest absolute Gasteiger partial charge is 0.150 e. The van der Waals surface area contributed by atoms with Gasteiger partial charge < -0.3 is 0 Å². The van der Waals surface area contributed by atoms with Crippen molar-refractivity contribution in [1.29, 1.82) is 5.26 Å². The molecule has 2 nitrogen and oxygen atoms in total. The van der Waals surface area contributed by atoms with E-state index in [1.807, 2.05) is 6.07 Å². The molecule has 0 N–H and O–H groups in total. The quantitative estimate of drug-likeness (QED) is 0.553. The Bertz CT molecular complexity index is 167. The van der Waals surface area contributed by atoms with Crippen LogP contribution in [0.4, 0.5) is 0 Å². The van der Waals surface area contributed by atoms with Gasteiger partial charge in [0, 0.05) is 6.42 Å². The predicted molar refractivity (Wildman–Crippen MR) is 39.2 cm³/mol. The lowest BCUT2D eigenvalue weighted by Crippen LogP contribution is -2.09. The maximum atomic E-state index is 10.9. The van der Waals surface area contributed by atoms with Crippen LogP contribution >= 0.6 is 0 Å². The molecular weight excluding hydrogens is 126 g/mol. The van der Waals surface area contributed by atoms with Crippen LogP contribution in [-0.4, -0.2) is 5.78 Å². The van der Waals surface area contributed by atoms with Crippen LogP contribution in [0.5, 0.6) is 0 Å². The summed E-state index contributed by atoms with van der Waals surface area (Å²) in [6.45, 7) is 5.22. The monoisotopic (exact) mass is 137 g/mol. The predicted octanol–water partition coefficient (Wildman–Crippen LogP) is 1.68. The standard InChI is InChI=1S/C8H11NO/c1-3-5-7(6-9)8(10)4-2/h3,7H,1,4-5H2,2H3. The molecule has 0 fully saturated rings. The van der Waals surface area contributed by atoms with E-state index < -0.39 is 5.92 Å². The minimum Gasteiger partial charge on any atom is -0.298 e. The summed E-state index contributed by atoms with van der Waals surface area (Å²) in [6, 6.07) is 1.93. The molecular formula is C8H11NO. The molecule has 2 heteroatoms. The van der Waals surface area contributed by atoms with Gasteiger partial charge in [-0.3, -0.25) is 4.79 Å². The maximum Gasteiger partial charge on any atom is 0.150 e. The summed E-state index contributed by atoms with van der Waals surface area (Å²) in [7, 11) is 0. The highest BCUT2D eigenvalue weighted by Gasteiger charge is 2.12. The van der Waals surface area contributed by atoms with Crippen LogP contribution in [0.2, 0.25) is 0 Å². The first-order chi connectivity index (χ1) is 4.76. The Balaban J connectivity index is 3.96. The van der Waals surface area contributed by atoms with Gasteiger partial charge in [-0.1, -0.05) is 13.0 Å². The molecule has 0 spiro atoms. The van der Waals surface area contributed by atoms with Gasteiger partial charge in [0.2, 0.25) is 0 Å². The SMILES string of the molecule is C=CCC(C#N)C(=O)CC. The molecule has 54 valence electrons. The van der Waals surface area contributed by atoms with Crippen LogP contribution in [-0.2, 0) is 4.79 Å². The van der Waals surface area contributed by atoms with Crippen molar-refractivity contribution in [1.82, 2.24) is 0 Å². The summed E-state index contributed by atoms with van der Waals surface area (Å²) in [5, 5.41) is 8.44. The summed E-state index contributed by atoms with van der Waals surface area (Å²) < 4.78 is 0. The molecule has 0 saturated carbocycles. The third kappa shape index (κ3) is 2.45. The molecule has 0 radical (unpaired) electrons. The van der Waals surface area contributed by atoms with Gasteiger partial charge in [-0.15, -0.1) is 6.58 Å². The number of allylic oxidation sites excluding steroid dienone is 1. The molecule has 0 amide bonds. The molecule has 0 heterocycles. The van der Waals surface area contributed by atoms with E-state index in [9.17, 15) is 4.79 Å². The van der Waals surface area contributed by atoms with Gasteiger partial charge in [-0.05, 0) is 6.42 Å². The van der Waals surface area contributed by atoms with Crippen molar-refractivity contribution in [2.75, 3.05) is 0 Å². The molecule has 0 bridgehead atoms. The summed E-state index contributed by atoms with van der Waals surface area (Å²) in [4.78, 5) is 10.9. The number of ketones is 1. The van der Waals surface area contributed by atoms with E-state index in [-0.39, 0.29) is 5.78 Å². The summed E-state index contributed by atoms with van der Waals surface area (Å²) >= 11 is 0. The van der Waals surface area contributed by atoms with Crippen molar-refractivity contribution >= 4 is 5.78 Å². The van der Waals surface area contributed by atoms with Crippen molar-refractivity contribution in [3.63, 3.8) is 0 Å². The first kappa shape index (κ1) is 8.90. The molecule has 1 unspecified atom stereocenters. The molecule has 0 aliphatic carbocycles. The Hall–Kier alpha value is -1.10. The van der Waals surface area contributed by atoms with E-state index >= 15 is 0 Å². The fourth-order valence-corrected chi connectivity index (χ4v) is 0.669. The number of hydrogen-bond acceptors (Lipinski definition) is 2. The lowest BCUT2D eigenvalue weighted by atomic mass is 10.0. The molecule has 0 saturated heterocycles. The van der Waals surface area contributed by atoms with Crippen LogP contribution < -0.4 is 0 Å². The third-order valence-electron chi connectivity index (χ3n) is 1.30. The van der Waals surface area contributed by atoms with Gasteiger partial charge in [0.15, 0.2) is 0 Å². The number of rotatable bonds is 4. The largest absolute Gasteiger partial charge is 0.298 e. The average Bonchev–Trinajstić information content (AvgIpc) is 1.99. The summed E-state index contributed by atoms with van der Waals surface area (Å²) in [5.74, 6) is -0.468. The zero-order chi connectivity index (χ0) is 7.98. The molecule has 0 aliphatic rings. The van der Waals surface area contributed by atoms with Crippen LogP contribution in [0.25, 0.3) is 0 Å². The Morgan fingerprint density at radius 1 is 1.90 bits per heavy atom. The molecule has 0 rings (SSSR count). The van der Waals surface area contributed by atoms with E-state index in [1.165, 1.54) is 0 Å². The summed E-state index contributed by atoms with van der Waals surface area (Å²) in [5.41, 5.74) is 0. The second-order valence-electron chi connectivity index (χ2n) is 2.03. The number of nitriles is 1. The normalized spacial score (nSPS) is 11.6. The lowest BCUT2D eigenvalue weighted by molar-refractivity contribution is -0.120. The minimum absolute atomic E-state index is 0.00222. The zero-order valence-electron chi connectivity index (χ0n) is 6.13. The van der Waals surface area contributed by atoms with Gasteiger partial charge in [0.25, 0.3) is 0 Å². The highest BCUT2D eigenvalue weighted by Crippen LogP contribution is 2.05. The van der Waals surface area contributed by atoms with Gasteiger partial charge in [-0.25, -0.2) is 0 Å². The number of carbonyl (C=O) groups excluding carboxylic acids is 1. The minimum atomic E-state index is -0.470. The van der Waals surface area contributed by atoms with E-state index in [4.69, 9.17) is 5.26 Å². The van der Waals surface area contributed by atoms with Gasteiger partial charge in [0.05, 0.1) is 6.07 Å². The van der Waals surface area contributed by atoms with Crippen LogP contribution in [0.15, 0.2) is 12.7 Å². The first-order valence-corrected chi connectivity index (χ1v) is 3.29. The van der Waals surface area contributed by atoms with Gasteiger partial charge >= 0.3 is 0 Å². The molecule has 0 aromatic rings. The molecule has 0 aromatic heterocycles. The second-order valence-corrected chi connectivity index (χ2v) is 2.03. The van der Waals surface area contributed by atoms with Crippen LogP contribution in [0.3, 0.4) is 0 Å². The Labute approximate surface area is 61.2 Å². The van der Waals surface area contributed by atoms with Crippen molar-refractivity contribution in [3.8, 4) is 6.07 Å². The van der Waals surface area contributed by atoms with Gasteiger partial charge in [-0.2, -0.15) is 5.26 Å². The molecule has 1 atom stereocenters. The van der Waals surface area contributed by atoms with E-state index in [0.717, 1.165) is 0 Å². The van der Waals surface area contributed by atoms with Crippen LogP contribution in [0, 0.1) is 17.2 Å². The van der Waals surface area contributed by atoms with E-state index in [1.54, 1.807) is 13.0 Å². The van der Waals surface area contributed by atoms with Crippen molar-refractivity contribution in [2.24, 2.45) is 5.92 Å². The van der Waals surface area contributed by atoms with Crippen molar-refractivity contribution in [3.05, 3.63) is 12.7 Å². The number of Topliss-reactive ketones (excluding diaryl/α,β-unsaturated/α-hetero) is 1. The highest BCUT2D eigenvalue weighted by molar-refractivity contribution is 5.83. The second kappa shape index (κ2) is 4.75. The van der Waals surface area contributed by atoms with Crippen molar-refractivity contribution in [2.45, 2.75) is 19.8 Å². The summed E-state index contributed by atoms with van der Waals surface area (Å²) in [6.07, 6.45) is 2.51. The highest BCUT2D eigenvalue weighted by atomic mass is 16.1. The zero-order valence-corrected chi connectivity index (χ0v) is 6.13. The maximum absolute atomic E-state index is 10.9. The van der Waals surface area contributed by atoms with Gasteiger partial charge in [0.1, 0.15) is 11.7 Å². The topological polar surface area (TPSA) is 40.9 Å². The number of nitrogens with zero attached hydrogens (tertiary/aromatic N) is 1. The fourth-order valence-electron chi connectivity index (χ4n) is 0.669. The van der Waals surface area contributed by atoms with E-state index in [2.05, 4.69) is 6.58 Å². The first-order valence-electron chi connectivity index (χ1n) is 3.29. The fraction of sp³-hybridized carbons (Fsp3) is 0.500. The van der Waals surface area contributed by atoms with E-state index in [0.29, 0.717) is 12.8 Å². The average molecular weight is 137 g/mol. The van der Waals surface area contributed by atoms with Crippen molar-refractivity contribution < 1.29 is 4.79 Å².